The second kappa shape index (κ2) is 9.07. The number of nitrogen functional groups attached to an aromatic ring is 1. The van der Waals surface area contributed by atoms with Crippen LogP contribution in [0.4, 0.5) is 11.6 Å². The van der Waals surface area contributed by atoms with Crippen molar-refractivity contribution in [3.63, 3.8) is 0 Å². The zero-order chi connectivity index (χ0) is 19.1. The molecule has 0 atom stereocenters. The van der Waals surface area contributed by atoms with Crippen molar-refractivity contribution in [3.8, 4) is 11.3 Å². The number of aromatic amines is 1. The van der Waals surface area contributed by atoms with E-state index in [0.717, 1.165) is 0 Å². The molecule has 0 saturated carbocycles. The van der Waals surface area contributed by atoms with Crippen LogP contribution in [0.25, 0.3) is 11.3 Å². The molecule has 0 aliphatic heterocycles. The molecule has 9 heteroatoms. The van der Waals surface area contributed by atoms with E-state index in [2.05, 4.69) is 9.97 Å². The van der Waals surface area contributed by atoms with Crippen LogP contribution >= 0.6 is 0 Å². The van der Waals surface area contributed by atoms with Crippen LogP contribution in [0.1, 0.15) is 25.8 Å². The molecule has 140 valence electrons. The first kappa shape index (κ1) is 19.5. The van der Waals surface area contributed by atoms with Gasteiger partial charge in [0.05, 0.1) is 10.6 Å². The van der Waals surface area contributed by atoms with Crippen molar-refractivity contribution in [2.45, 2.75) is 33.0 Å². The summed E-state index contributed by atoms with van der Waals surface area (Å²) in [6.07, 6.45) is 0.405. The zero-order valence-electron chi connectivity index (χ0n) is 14.7. The lowest BCUT2D eigenvalue weighted by molar-refractivity contribution is -0.384. The maximum Gasteiger partial charge on any atom is 0.269 e. The number of ether oxygens (including phenoxy) is 2. The van der Waals surface area contributed by atoms with E-state index in [9.17, 15) is 14.9 Å². The van der Waals surface area contributed by atoms with Crippen LogP contribution in [-0.2, 0) is 15.9 Å². The van der Waals surface area contributed by atoms with Crippen LogP contribution in [0.5, 0.6) is 0 Å². The Morgan fingerprint density at radius 1 is 1.23 bits per heavy atom. The molecule has 1 heterocycles. The molecule has 3 N–H and O–H groups in total. The summed E-state index contributed by atoms with van der Waals surface area (Å²) in [6.45, 7) is 4.73. The molecule has 0 fully saturated rings. The molecule has 0 bridgehead atoms. The van der Waals surface area contributed by atoms with Gasteiger partial charge in [0.15, 0.2) is 6.29 Å². The summed E-state index contributed by atoms with van der Waals surface area (Å²) in [7, 11) is 0. The van der Waals surface area contributed by atoms with Gasteiger partial charge in [0.2, 0.25) is 5.95 Å². The normalized spacial score (nSPS) is 11.0. The van der Waals surface area contributed by atoms with Crippen molar-refractivity contribution in [1.29, 1.82) is 0 Å². The Balaban J connectivity index is 2.34. The Hall–Kier alpha value is -2.78. The minimum absolute atomic E-state index is 0.0155. The van der Waals surface area contributed by atoms with E-state index in [-0.39, 0.29) is 17.2 Å². The lowest BCUT2D eigenvalue weighted by Crippen LogP contribution is -2.22. The van der Waals surface area contributed by atoms with E-state index < -0.39 is 11.2 Å². The van der Waals surface area contributed by atoms with Crippen LogP contribution < -0.4 is 11.3 Å². The van der Waals surface area contributed by atoms with Gasteiger partial charge in [-0.05, 0) is 32.4 Å². The van der Waals surface area contributed by atoms with Crippen LogP contribution in [0, 0.1) is 10.1 Å². The molecule has 2 rings (SSSR count). The van der Waals surface area contributed by atoms with Crippen LogP contribution in [-0.4, -0.2) is 34.4 Å². The highest BCUT2D eigenvalue weighted by atomic mass is 16.7. The Kier molecular flexibility index (Phi) is 6.81. The van der Waals surface area contributed by atoms with Gasteiger partial charge in [-0.15, -0.1) is 0 Å². The van der Waals surface area contributed by atoms with Crippen molar-refractivity contribution >= 4 is 11.6 Å². The van der Waals surface area contributed by atoms with Gasteiger partial charge in [0, 0.05) is 42.9 Å². The molecule has 0 aliphatic rings. The number of aromatic nitrogens is 2. The van der Waals surface area contributed by atoms with Crippen molar-refractivity contribution < 1.29 is 14.4 Å². The first-order valence-corrected chi connectivity index (χ1v) is 8.32. The van der Waals surface area contributed by atoms with Gasteiger partial charge in [0.1, 0.15) is 0 Å². The minimum Gasteiger partial charge on any atom is -0.369 e. The molecule has 9 nitrogen and oxygen atoms in total. The zero-order valence-corrected chi connectivity index (χ0v) is 14.7. The molecular weight excluding hydrogens is 340 g/mol. The van der Waals surface area contributed by atoms with Gasteiger partial charge < -0.3 is 15.2 Å². The van der Waals surface area contributed by atoms with Crippen molar-refractivity contribution in [2.24, 2.45) is 0 Å². The number of rotatable bonds is 9. The third-order valence-corrected chi connectivity index (χ3v) is 3.72. The number of non-ortho nitro benzene ring substituents is 1. The van der Waals surface area contributed by atoms with Gasteiger partial charge in [-0.1, -0.05) is 0 Å². The van der Waals surface area contributed by atoms with E-state index in [1.165, 1.54) is 12.1 Å². The summed E-state index contributed by atoms with van der Waals surface area (Å²) < 4.78 is 11.0. The lowest BCUT2D eigenvalue weighted by Gasteiger charge is -2.17. The maximum atomic E-state index is 12.4. The van der Waals surface area contributed by atoms with Gasteiger partial charge in [-0.3, -0.25) is 19.9 Å². The second-order valence-electron chi connectivity index (χ2n) is 5.46. The fraction of sp³-hybridized carbons (Fsp3) is 0.412. The largest absolute Gasteiger partial charge is 0.369 e. The number of nitrogens with two attached hydrogens (primary N) is 1. The Morgan fingerprint density at radius 2 is 1.85 bits per heavy atom. The Labute approximate surface area is 150 Å². The number of hydrogen-bond acceptors (Lipinski definition) is 7. The second-order valence-corrected chi connectivity index (χ2v) is 5.46. The predicted molar refractivity (Wildman–Crippen MR) is 96.7 cm³/mol. The number of nitro groups is 1. The third kappa shape index (κ3) is 4.87. The number of nitrogens with zero attached hydrogens (tertiary/aromatic N) is 2. The molecule has 2 aromatic rings. The standard InChI is InChI=1S/C17H22N4O5/c1-3-25-14(26-4-2)10-9-13-15(19-17(18)20-16(13)22)11-5-7-12(8-6-11)21(23)24/h5-8,14H,3-4,9-10H2,1-2H3,(H3,18,19,20,22). The van der Waals surface area contributed by atoms with E-state index in [1.54, 1.807) is 12.1 Å². The molecule has 1 aromatic carbocycles. The quantitative estimate of drug-likeness (QED) is 0.397. The summed E-state index contributed by atoms with van der Waals surface area (Å²) in [6, 6.07) is 5.82. The monoisotopic (exact) mass is 362 g/mol. The van der Waals surface area contributed by atoms with Crippen molar-refractivity contribution in [2.75, 3.05) is 18.9 Å². The first-order chi connectivity index (χ1) is 12.5. The number of benzene rings is 1. The fourth-order valence-corrected chi connectivity index (χ4v) is 2.58. The summed E-state index contributed by atoms with van der Waals surface area (Å²) in [5.41, 5.74) is 6.68. The van der Waals surface area contributed by atoms with Crippen LogP contribution in [0.3, 0.4) is 0 Å². The van der Waals surface area contributed by atoms with Crippen molar-refractivity contribution in [1.82, 2.24) is 9.97 Å². The number of nitro benzene ring substituents is 1. The smallest absolute Gasteiger partial charge is 0.269 e. The van der Waals surface area contributed by atoms with Crippen molar-refractivity contribution in [3.05, 3.63) is 50.3 Å². The number of anilines is 1. The topological polar surface area (TPSA) is 133 Å². The lowest BCUT2D eigenvalue weighted by atomic mass is 10.0. The molecule has 1 aromatic heterocycles. The summed E-state index contributed by atoms with van der Waals surface area (Å²) in [5.74, 6) is -0.0155. The summed E-state index contributed by atoms with van der Waals surface area (Å²) in [4.78, 5) is 29.4. The average molecular weight is 362 g/mol. The minimum atomic E-state index is -0.487. The van der Waals surface area contributed by atoms with E-state index in [1.807, 2.05) is 13.8 Å². The third-order valence-electron chi connectivity index (χ3n) is 3.72. The molecule has 0 spiro atoms. The molecule has 0 amide bonds. The average Bonchev–Trinajstić information content (AvgIpc) is 2.60. The molecule has 0 unspecified atom stereocenters. The van der Waals surface area contributed by atoms with E-state index in [4.69, 9.17) is 15.2 Å². The van der Waals surface area contributed by atoms with E-state index >= 15 is 0 Å². The molecule has 0 aliphatic carbocycles. The highest BCUT2D eigenvalue weighted by Crippen LogP contribution is 2.24. The summed E-state index contributed by atoms with van der Waals surface area (Å²) in [5, 5.41) is 10.8. The Morgan fingerprint density at radius 3 is 2.38 bits per heavy atom. The van der Waals surface area contributed by atoms with Gasteiger partial charge >= 0.3 is 0 Å². The van der Waals surface area contributed by atoms with Gasteiger partial charge in [-0.25, -0.2) is 4.98 Å². The molecule has 0 radical (unpaired) electrons. The number of nitrogens with one attached hydrogen (secondary N) is 1. The predicted octanol–water partition coefficient (Wildman–Crippen LogP) is 2.26. The molecule has 26 heavy (non-hydrogen) atoms. The van der Waals surface area contributed by atoms with Gasteiger partial charge in [-0.2, -0.15) is 0 Å². The molecular formula is C17H22N4O5. The molecule has 0 saturated heterocycles. The summed E-state index contributed by atoms with van der Waals surface area (Å²) >= 11 is 0. The fourth-order valence-electron chi connectivity index (χ4n) is 2.58. The number of hydrogen-bond donors (Lipinski definition) is 2. The van der Waals surface area contributed by atoms with Crippen LogP contribution in [0.2, 0.25) is 0 Å². The van der Waals surface area contributed by atoms with Crippen LogP contribution in [0.15, 0.2) is 29.1 Å². The SMILES string of the molecule is CCOC(CCc1c(-c2ccc([N+](=O)[O-])cc2)nc(N)[nH]c1=O)OCC. The maximum absolute atomic E-state index is 12.4. The number of H-pyrrole nitrogens is 1. The Bertz CT molecular complexity index is 798. The highest BCUT2D eigenvalue weighted by Gasteiger charge is 2.17. The first-order valence-electron chi connectivity index (χ1n) is 8.32. The highest BCUT2D eigenvalue weighted by molar-refractivity contribution is 5.65. The van der Waals surface area contributed by atoms with E-state index in [0.29, 0.717) is 42.9 Å². The van der Waals surface area contributed by atoms with Gasteiger partial charge in [0.25, 0.3) is 11.2 Å².